The van der Waals surface area contributed by atoms with Crippen LogP contribution in [-0.2, 0) is 11.4 Å². The van der Waals surface area contributed by atoms with Crippen LogP contribution in [0.4, 0.5) is 8.78 Å². The second kappa shape index (κ2) is 6.66. The summed E-state index contributed by atoms with van der Waals surface area (Å²) in [6, 6.07) is 8.97. The van der Waals surface area contributed by atoms with Crippen molar-refractivity contribution in [3.05, 3.63) is 70.8 Å². The lowest BCUT2D eigenvalue weighted by Crippen LogP contribution is -2.16. The highest BCUT2D eigenvalue weighted by Gasteiger charge is 2.08. The fraction of sp³-hybridized carbons (Fsp3) is 0.0667. The molecule has 0 saturated carbocycles. The fourth-order valence-electron chi connectivity index (χ4n) is 1.72. The summed E-state index contributed by atoms with van der Waals surface area (Å²) in [5, 5.41) is 12.4. The minimum Gasteiger partial charge on any atom is -0.478 e. The van der Waals surface area contributed by atoms with Crippen LogP contribution in [0.5, 0.6) is 0 Å². The molecule has 0 unspecified atom stereocenters. The second-order valence-corrected chi connectivity index (χ2v) is 4.38. The number of rotatable bonds is 5. The SMILES string of the molecule is N/C(=N\OCc1cccc(C(=O)O)c1)c1ccc(F)cc1F. The molecule has 3 N–H and O–H groups in total. The predicted molar refractivity (Wildman–Crippen MR) is 75.3 cm³/mol. The van der Waals surface area contributed by atoms with Crippen LogP contribution in [0, 0.1) is 11.6 Å². The molecular formula is C15H12F2N2O3. The number of nitrogens with zero attached hydrogens (tertiary/aromatic N) is 1. The molecule has 0 aliphatic carbocycles. The molecule has 2 aromatic carbocycles. The van der Waals surface area contributed by atoms with E-state index in [4.69, 9.17) is 15.7 Å². The zero-order chi connectivity index (χ0) is 16.1. The molecule has 0 fully saturated rings. The Hall–Kier alpha value is -2.96. The maximum Gasteiger partial charge on any atom is 0.335 e. The van der Waals surface area contributed by atoms with Crippen LogP contribution in [-0.4, -0.2) is 16.9 Å². The van der Waals surface area contributed by atoms with Gasteiger partial charge in [-0.2, -0.15) is 0 Å². The minimum atomic E-state index is -1.06. The van der Waals surface area contributed by atoms with Gasteiger partial charge in [-0.3, -0.25) is 0 Å². The number of oxime groups is 1. The first-order chi connectivity index (χ1) is 10.5. The summed E-state index contributed by atoms with van der Waals surface area (Å²) in [5.74, 6) is -2.87. The number of carboxylic acid groups (broad SMARTS) is 1. The van der Waals surface area contributed by atoms with Crippen molar-refractivity contribution in [3.8, 4) is 0 Å². The van der Waals surface area contributed by atoms with E-state index in [1.807, 2.05) is 0 Å². The Morgan fingerprint density at radius 3 is 2.68 bits per heavy atom. The molecule has 7 heteroatoms. The van der Waals surface area contributed by atoms with E-state index in [0.717, 1.165) is 12.1 Å². The smallest absolute Gasteiger partial charge is 0.335 e. The Kier molecular flexibility index (Phi) is 4.67. The third-order valence-electron chi connectivity index (χ3n) is 2.78. The molecule has 0 aliphatic heterocycles. The first kappa shape index (κ1) is 15.4. The Morgan fingerprint density at radius 1 is 1.23 bits per heavy atom. The molecular weight excluding hydrogens is 294 g/mol. The van der Waals surface area contributed by atoms with Crippen molar-refractivity contribution in [2.75, 3.05) is 0 Å². The van der Waals surface area contributed by atoms with Crippen LogP contribution in [0.2, 0.25) is 0 Å². The van der Waals surface area contributed by atoms with Gasteiger partial charge in [0.15, 0.2) is 5.84 Å². The summed E-state index contributed by atoms with van der Waals surface area (Å²) >= 11 is 0. The number of carbonyl (C=O) groups is 1. The average molecular weight is 306 g/mol. The molecule has 2 rings (SSSR count). The number of benzene rings is 2. The lowest BCUT2D eigenvalue weighted by Gasteiger charge is -2.04. The van der Waals surface area contributed by atoms with Crippen LogP contribution in [0.1, 0.15) is 21.5 Å². The summed E-state index contributed by atoms with van der Waals surface area (Å²) in [4.78, 5) is 15.8. The van der Waals surface area contributed by atoms with E-state index in [0.29, 0.717) is 11.6 Å². The Bertz CT molecular complexity index is 732. The highest BCUT2D eigenvalue weighted by molar-refractivity contribution is 5.97. The largest absolute Gasteiger partial charge is 0.478 e. The molecule has 0 bridgehead atoms. The Morgan fingerprint density at radius 2 is 2.00 bits per heavy atom. The number of aromatic carboxylic acids is 1. The maximum absolute atomic E-state index is 13.5. The number of hydrogen-bond acceptors (Lipinski definition) is 3. The maximum atomic E-state index is 13.5. The van der Waals surface area contributed by atoms with Crippen LogP contribution in [0.15, 0.2) is 47.6 Å². The number of amidine groups is 1. The molecule has 0 aliphatic rings. The molecule has 0 heterocycles. The lowest BCUT2D eigenvalue weighted by molar-refractivity contribution is 0.0696. The fourth-order valence-corrected chi connectivity index (χ4v) is 1.72. The first-order valence-electron chi connectivity index (χ1n) is 6.20. The molecule has 0 aromatic heterocycles. The summed E-state index contributed by atoms with van der Waals surface area (Å²) in [6.07, 6.45) is 0. The molecule has 0 radical (unpaired) electrons. The van der Waals surface area contributed by atoms with Gasteiger partial charge in [0.25, 0.3) is 0 Å². The zero-order valence-electron chi connectivity index (χ0n) is 11.3. The second-order valence-electron chi connectivity index (χ2n) is 4.38. The van der Waals surface area contributed by atoms with Crippen LogP contribution >= 0.6 is 0 Å². The van der Waals surface area contributed by atoms with Crippen molar-refractivity contribution in [1.29, 1.82) is 0 Å². The van der Waals surface area contributed by atoms with Gasteiger partial charge < -0.3 is 15.7 Å². The summed E-state index contributed by atoms with van der Waals surface area (Å²) < 4.78 is 26.3. The summed E-state index contributed by atoms with van der Waals surface area (Å²) in [7, 11) is 0. The van der Waals surface area contributed by atoms with E-state index in [1.54, 1.807) is 12.1 Å². The standard InChI is InChI=1S/C15H12F2N2O3/c16-11-4-5-12(13(17)7-11)14(18)19-22-8-9-2-1-3-10(6-9)15(20)21/h1-7H,8H2,(H2,18,19)(H,20,21). The van der Waals surface area contributed by atoms with Crippen LogP contribution in [0.25, 0.3) is 0 Å². The summed E-state index contributed by atoms with van der Waals surface area (Å²) in [6.45, 7) is -0.0371. The predicted octanol–water partition coefficient (Wildman–Crippen LogP) is 2.50. The van der Waals surface area contributed by atoms with Crippen molar-refractivity contribution in [1.82, 2.24) is 0 Å². The van der Waals surface area contributed by atoms with Crippen molar-refractivity contribution in [2.45, 2.75) is 6.61 Å². The molecule has 0 saturated heterocycles. The van der Waals surface area contributed by atoms with Gasteiger partial charge in [-0.05, 0) is 29.8 Å². The van der Waals surface area contributed by atoms with E-state index >= 15 is 0 Å². The van der Waals surface area contributed by atoms with Gasteiger partial charge in [-0.25, -0.2) is 13.6 Å². The quantitative estimate of drug-likeness (QED) is 0.505. The van der Waals surface area contributed by atoms with Crippen molar-refractivity contribution in [2.24, 2.45) is 10.9 Å². The van der Waals surface area contributed by atoms with Gasteiger partial charge >= 0.3 is 5.97 Å². The lowest BCUT2D eigenvalue weighted by atomic mass is 10.1. The number of halogens is 2. The van der Waals surface area contributed by atoms with E-state index < -0.39 is 17.6 Å². The van der Waals surface area contributed by atoms with Gasteiger partial charge in [0.05, 0.1) is 11.1 Å². The average Bonchev–Trinajstić information content (AvgIpc) is 2.47. The normalized spacial score (nSPS) is 11.3. The molecule has 2 aromatic rings. The Balaban J connectivity index is 2.05. The molecule has 0 atom stereocenters. The molecule has 114 valence electrons. The molecule has 5 nitrogen and oxygen atoms in total. The first-order valence-corrected chi connectivity index (χ1v) is 6.20. The molecule has 22 heavy (non-hydrogen) atoms. The summed E-state index contributed by atoms with van der Waals surface area (Å²) in [5.41, 5.74) is 6.15. The van der Waals surface area contributed by atoms with Crippen LogP contribution in [0.3, 0.4) is 0 Å². The Labute approximate surface area is 124 Å². The topological polar surface area (TPSA) is 84.9 Å². The van der Waals surface area contributed by atoms with Gasteiger partial charge in [0.2, 0.25) is 0 Å². The number of hydrogen-bond donors (Lipinski definition) is 2. The van der Waals surface area contributed by atoms with Gasteiger partial charge in [-0.15, -0.1) is 0 Å². The monoisotopic (exact) mass is 306 g/mol. The van der Waals surface area contributed by atoms with Crippen molar-refractivity contribution < 1.29 is 23.5 Å². The van der Waals surface area contributed by atoms with Crippen molar-refractivity contribution >= 4 is 11.8 Å². The third kappa shape index (κ3) is 3.78. The highest BCUT2D eigenvalue weighted by Crippen LogP contribution is 2.10. The third-order valence-corrected chi connectivity index (χ3v) is 2.78. The molecule has 0 spiro atoms. The van der Waals surface area contributed by atoms with Gasteiger partial charge in [0.1, 0.15) is 18.2 Å². The van der Waals surface area contributed by atoms with Gasteiger partial charge in [-0.1, -0.05) is 17.3 Å². The minimum absolute atomic E-state index is 0.0371. The number of nitrogens with two attached hydrogens (primary N) is 1. The van der Waals surface area contributed by atoms with E-state index in [1.165, 1.54) is 12.1 Å². The van der Waals surface area contributed by atoms with E-state index in [9.17, 15) is 13.6 Å². The van der Waals surface area contributed by atoms with Crippen LogP contribution < -0.4 is 5.73 Å². The van der Waals surface area contributed by atoms with Crippen molar-refractivity contribution in [3.63, 3.8) is 0 Å². The zero-order valence-corrected chi connectivity index (χ0v) is 11.3. The number of carboxylic acids is 1. The van der Waals surface area contributed by atoms with Gasteiger partial charge in [0, 0.05) is 6.07 Å². The van der Waals surface area contributed by atoms with E-state index in [2.05, 4.69) is 5.16 Å². The van der Waals surface area contributed by atoms with E-state index in [-0.39, 0.29) is 23.6 Å². The highest BCUT2D eigenvalue weighted by atomic mass is 19.1. The molecule has 0 amide bonds.